The third-order valence-corrected chi connectivity index (χ3v) is 3.99. The zero-order valence-corrected chi connectivity index (χ0v) is 14.1. The van der Waals surface area contributed by atoms with Crippen molar-refractivity contribution in [3.63, 3.8) is 0 Å². The van der Waals surface area contributed by atoms with Crippen molar-refractivity contribution in [1.29, 1.82) is 0 Å². The maximum absolute atomic E-state index is 5.99. The van der Waals surface area contributed by atoms with Gasteiger partial charge in [0, 0.05) is 32.9 Å². The highest BCUT2D eigenvalue weighted by Crippen LogP contribution is 2.30. The third-order valence-electron chi connectivity index (χ3n) is 3.10. The van der Waals surface area contributed by atoms with Crippen molar-refractivity contribution in [2.45, 2.75) is 27.2 Å². The number of halogens is 2. The van der Waals surface area contributed by atoms with Crippen molar-refractivity contribution in [3.05, 3.63) is 39.0 Å². The summed E-state index contributed by atoms with van der Waals surface area (Å²) in [5.41, 5.74) is 3.12. The standard InChI is InChI=1S/C15H17BrClN3/c1-4-13-9(3)14(18-5-2)20-15(19-13)11-7-6-10(17)8-12(11)16/h6-8H,4-5H2,1-3H3,(H,18,19,20). The van der Waals surface area contributed by atoms with Crippen molar-refractivity contribution >= 4 is 33.3 Å². The molecule has 0 aliphatic heterocycles. The molecule has 5 heteroatoms. The third kappa shape index (κ3) is 3.13. The Kier molecular flexibility index (Phi) is 5.00. The van der Waals surface area contributed by atoms with Gasteiger partial charge in [0.15, 0.2) is 5.82 Å². The summed E-state index contributed by atoms with van der Waals surface area (Å²) in [7, 11) is 0. The number of rotatable bonds is 4. The van der Waals surface area contributed by atoms with E-state index < -0.39 is 0 Å². The molecule has 0 saturated heterocycles. The maximum atomic E-state index is 5.99. The molecule has 2 aromatic rings. The molecule has 106 valence electrons. The highest BCUT2D eigenvalue weighted by molar-refractivity contribution is 9.10. The van der Waals surface area contributed by atoms with Crippen LogP contribution < -0.4 is 5.32 Å². The molecular weight excluding hydrogens is 338 g/mol. The van der Waals surface area contributed by atoms with E-state index in [9.17, 15) is 0 Å². The monoisotopic (exact) mass is 353 g/mol. The van der Waals surface area contributed by atoms with E-state index in [1.807, 2.05) is 18.2 Å². The molecule has 0 spiro atoms. The summed E-state index contributed by atoms with van der Waals surface area (Å²) < 4.78 is 0.901. The van der Waals surface area contributed by atoms with E-state index in [2.05, 4.69) is 52.0 Å². The molecule has 1 aromatic heterocycles. The molecule has 1 N–H and O–H groups in total. The number of benzene rings is 1. The van der Waals surface area contributed by atoms with Gasteiger partial charge in [-0.25, -0.2) is 9.97 Å². The average Bonchev–Trinajstić information content (AvgIpc) is 2.41. The fourth-order valence-electron chi connectivity index (χ4n) is 2.04. The van der Waals surface area contributed by atoms with E-state index in [1.54, 1.807) is 0 Å². The zero-order chi connectivity index (χ0) is 14.7. The summed E-state index contributed by atoms with van der Waals surface area (Å²) >= 11 is 9.51. The quantitative estimate of drug-likeness (QED) is 0.852. The molecule has 0 radical (unpaired) electrons. The summed E-state index contributed by atoms with van der Waals surface area (Å²) in [6.45, 7) is 7.05. The lowest BCUT2D eigenvalue weighted by atomic mass is 10.1. The Morgan fingerprint density at radius 2 is 2.00 bits per heavy atom. The number of hydrogen-bond acceptors (Lipinski definition) is 3. The molecule has 0 fully saturated rings. The van der Waals surface area contributed by atoms with Crippen LogP contribution in [0.2, 0.25) is 5.02 Å². The van der Waals surface area contributed by atoms with Crippen LogP contribution in [0.15, 0.2) is 22.7 Å². The van der Waals surface area contributed by atoms with Gasteiger partial charge in [-0.1, -0.05) is 18.5 Å². The summed E-state index contributed by atoms with van der Waals surface area (Å²) in [6.07, 6.45) is 0.880. The van der Waals surface area contributed by atoms with Gasteiger partial charge in [-0.05, 0) is 54.4 Å². The Balaban J connectivity index is 2.58. The fourth-order valence-corrected chi connectivity index (χ4v) is 2.90. The average molecular weight is 355 g/mol. The zero-order valence-electron chi connectivity index (χ0n) is 11.8. The number of nitrogens with zero attached hydrogens (tertiary/aromatic N) is 2. The fraction of sp³-hybridized carbons (Fsp3) is 0.333. The van der Waals surface area contributed by atoms with Crippen LogP contribution in [0.3, 0.4) is 0 Å². The van der Waals surface area contributed by atoms with Gasteiger partial charge in [-0.2, -0.15) is 0 Å². The summed E-state index contributed by atoms with van der Waals surface area (Å²) in [6, 6.07) is 5.65. The van der Waals surface area contributed by atoms with E-state index >= 15 is 0 Å². The molecule has 0 aliphatic rings. The second-order valence-electron chi connectivity index (χ2n) is 4.48. The normalized spacial score (nSPS) is 10.7. The summed E-state index contributed by atoms with van der Waals surface area (Å²) in [5, 5.41) is 3.99. The summed E-state index contributed by atoms with van der Waals surface area (Å²) in [4.78, 5) is 9.31. The minimum atomic E-state index is 0.690. The second kappa shape index (κ2) is 6.55. The first-order valence-electron chi connectivity index (χ1n) is 6.63. The Labute approximate surface area is 132 Å². The van der Waals surface area contributed by atoms with Crippen molar-refractivity contribution in [2.24, 2.45) is 0 Å². The molecule has 0 bridgehead atoms. The van der Waals surface area contributed by atoms with Crippen molar-refractivity contribution in [2.75, 3.05) is 11.9 Å². The van der Waals surface area contributed by atoms with Crippen LogP contribution in [-0.4, -0.2) is 16.5 Å². The minimum absolute atomic E-state index is 0.690. The highest BCUT2D eigenvalue weighted by atomic mass is 79.9. The molecule has 2 rings (SSSR count). The molecule has 0 unspecified atom stereocenters. The highest BCUT2D eigenvalue weighted by Gasteiger charge is 2.13. The lowest BCUT2D eigenvalue weighted by Gasteiger charge is -2.13. The van der Waals surface area contributed by atoms with Gasteiger partial charge >= 0.3 is 0 Å². The van der Waals surface area contributed by atoms with Crippen molar-refractivity contribution < 1.29 is 0 Å². The lowest BCUT2D eigenvalue weighted by molar-refractivity contribution is 0.970. The van der Waals surface area contributed by atoms with E-state index in [0.717, 1.165) is 40.1 Å². The molecule has 3 nitrogen and oxygen atoms in total. The predicted molar refractivity (Wildman–Crippen MR) is 88.5 cm³/mol. The van der Waals surface area contributed by atoms with Crippen molar-refractivity contribution in [3.8, 4) is 11.4 Å². The van der Waals surface area contributed by atoms with Crippen LogP contribution in [0.1, 0.15) is 25.1 Å². The molecule has 20 heavy (non-hydrogen) atoms. The topological polar surface area (TPSA) is 37.8 Å². The van der Waals surface area contributed by atoms with Gasteiger partial charge in [0.25, 0.3) is 0 Å². The van der Waals surface area contributed by atoms with Crippen LogP contribution in [0, 0.1) is 6.92 Å². The summed E-state index contributed by atoms with van der Waals surface area (Å²) in [5.74, 6) is 1.61. The first-order valence-corrected chi connectivity index (χ1v) is 7.80. The van der Waals surface area contributed by atoms with Crippen LogP contribution in [0.4, 0.5) is 5.82 Å². The Hall–Kier alpha value is -1.13. The Bertz CT molecular complexity index is 629. The SMILES string of the molecule is CCNc1nc(-c2ccc(Cl)cc2Br)nc(CC)c1C. The molecule has 1 aromatic carbocycles. The maximum Gasteiger partial charge on any atom is 0.162 e. The van der Waals surface area contributed by atoms with Gasteiger partial charge in [-0.3, -0.25) is 0 Å². The van der Waals surface area contributed by atoms with Crippen LogP contribution >= 0.6 is 27.5 Å². The number of hydrogen-bond donors (Lipinski definition) is 1. The molecule has 0 aliphatic carbocycles. The molecule has 0 amide bonds. The van der Waals surface area contributed by atoms with E-state index in [1.165, 1.54) is 0 Å². The van der Waals surface area contributed by atoms with Gasteiger partial charge in [-0.15, -0.1) is 0 Å². The van der Waals surface area contributed by atoms with E-state index in [-0.39, 0.29) is 0 Å². The van der Waals surface area contributed by atoms with Gasteiger partial charge in [0.2, 0.25) is 0 Å². The van der Waals surface area contributed by atoms with Crippen LogP contribution in [0.25, 0.3) is 11.4 Å². The largest absolute Gasteiger partial charge is 0.370 e. The molecule has 0 atom stereocenters. The van der Waals surface area contributed by atoms with Crippen LogP contribution in [0.5, 0.6) is 0 Å². The molecule has 0 saturated carbocycles. The smallest absolute Gasteiger partial charge is 0.162 e. The van der Waals surface area contributed by atoms with E-state index in [4.69, 9.17) is 11.6 Å². The van der Waals surface area contributed by atoms with E-state index in [0.29, 0.717) is 10.8 Å². The number of anilines is 1. The molecule has 1 heterocycles. The Morgan fingerprint density at radius 3 is 2.60 bits per heavy atom. The van der Waals surface area contributed by atoms with Gasteiger partial charge in [0.1, 0.15) is 5.82 Å². The van der Waals surface area contributed by atoms with Crippen LogP contribution in [-0.2, 0) is 6.42 Å². The van der Waals surface area contributed by atoms with Gasteiger partial charge in [0.05, 0.1) is 0 Å². The second-order valence-corrected chi connectivity index (χ2v) is 5.77. The first-order chi connectivity index (χ1) is 9.56. The lowest BCUT2D eigenvalue weighted by Crippen LogP contribution is -2.07. The number of nitrogens with one attached hydrogen (secondary N) is 1. The predicted octanol–water partition coefficient (Wildman–Crippen LogP) is 4.86. The number of aromatic nitrogens is 2. The number of aryl methyl sites for hydroxylation is 1. The van der Waals surface area contributed by atoms with Crippen molar-refractivity contribution in [1.82, 2.24) is 9.97 Å². The first kappa shape index (κ1) is 15.3. The Morgan fingerprint density at radius 1 is 1.25 bits per heavy atom. The minimum Gasteiger partial charge on any atom is -0.370 e. The van der Waals surface area contributed by atoms with Gasteiger partial charge < -0.3 is 5.32 Å². The molecular formula is C15H17BrClN3.